The second kappa shape index (κ2) is 7.82. The Morgan fingerprint density at radius 3 is 2.59 bits per heavy atom. The fraction of sp³-hybridized carbons (Fsp3) is 0.118. The van der Waals surface area contributed by atoms with E-state index in [-0.39, 0.29) is 16.3 Å². The van der Waals surface area contributed by atoms with Gasteiger partial charge in [-0.3, -0.25) is 10.1 Å². The average molecular weight is 404 g/mol. The molecule has 0 bridgehead atoms. The molecule has 140 valence electrons. The first-order valence-electron chi connectivity index (χ1n) is 7.89. The number of hydrogen-bond donors (Lipinski definition) is 2. The van der Waals surface area contributed by atoms with Crippen LogP contribution in [0.1, 0.15) is 5.69 Å². The van der Waals surface area contributed by atoms with Crippen molar-refractivity contribution in [2.24, 2.45) is 5.14 Å². The summed E-state index contributed by atoms with van der Waals surface area (Å²) in [7, 11) is -4.10. The van der Waals surface area contributed by atoms with E-state index in [0.717, 1.165) is 22.3 Å². The maximum atomic E-state index is 11.7. The lowest BCUT2D eigenvalue weighted by Crippen LogP contribution is -2.16. The van der Waals surface area contributed by atoms with Crippen LogP contribution in [0.4, 0.5) is 11.4 Å². The first-order valence-corrected chi connectivity index (χ1v) is 10.3. The molecule has 0 unspecified atom stereocenters. The molecule has 3 N–H and O–H groups in total. The normalized spacial score (nSPS) is 11.3. The molecule has 0 aliphatic heterocycles. The molecule has 0 radical (unpaired) electrons. The third kappa shape index (κ3) is 4.67. The molecule has 0 spiro atoms. The summed E-state index contributed by atoms with van der Waals surface area (Å²) in [6.07, 6.45) is 0.560. The predicted molar refractivity (Wildman–Crippen MR) is 104 cm³/mol. The Morgan fingerprint density at radius 1 is 1.19 bits per heavy atom. The van der Waals surface area contributed by atoms with Gasteiger partial charge in [-0.25, -0.2) is 18.5 Å². The van der Waals surface area contributed by atoms with Gasteiger partial charge >= 0.3 is 0 Å². The van der Waals surface area contributed by atoms with Crippen molar-refractivity contribution >= 4 is 32.7 Å². The minimum absolute atomic E-state index is 0.224. The predicted octanol–water partition coefficient (Wildman–Crippen LogP) is 3.02. The molecule has 8 nitrogen and oxygen atoms in total. The number of benzene rings is 2. The minimum Gasteiger partial charge on any atom is -0.384 e. The summed E-state index contributed by atoms with van der Waals surface area (Å²) in [4.78, 5) is 14.4. The topological polar surface area (TPSA) is 128 Å². The summed E-state index contributed by atoms with van der Waals surface area (Å²) in [6.45, 7) is 0.401. The van der Waals surface area contributed by atoms with Gasteiger partial charge < -0.3 is 5.32 Å². The number of primary sulfonamides is 1. The molecule has 0 aliphatic carbocycles. The number of nitrogens with one attached hydrogen (secondary N) is 1. The van der Waals surface area contributed by atoms with E-state index >= 15 is 0 Å². The molecule has 0 fully saturated rings. The lowest BCUT2D eigenvalue weighted by Gasteiger charge is -2.10. The molecule has 3 rings (SSSR count). The molecule has 27 heavy (non-hydrogen) atoms. The maximum Gasteiger partial charge on any atom is 0.270 e. The number of thiazole rings is 1. The van der Waals surface area contributed by atoms with Crippen molar-refractivity contribution in [3.05, 3.63) is 69.7 Å². The first-order chi connectivity index (χ1) is 12.8. The lowest BCUT2D eigenvalue weighted by atomic mass is 10.2. The Balaban J connectivity index is 1.71. The fourth-order valence-corrected chi connectivity index (χ4v) is 4.06. The number of non-ortho nitro benzene ring substituents is 1. The molecule has 0 atom stereocenters. The molecule has 3 aromatic rings. The van der Waals surface area contributed by atoms with Gasteiger partial charge in [-0.2, -0.15) is 0 Å². The van der Waals surface area contributed by atoms with Crippen LogP contribution in [0.15, 0.2) is 58.8 Å². The van der Waals surface area contributed by atoms with Crippen molar-refractivity contribution in [1.82, 2.24) is 4.98 Å². The van der Waals surface area contributed by atoms with Gasteiger partial charge in [-0.15, -0.1) is 11.3 Å². The van der Waals surface area contributed by atoms with Crippen LogP contribution in [0.25, 0.3) is 10.6 Å². The second-order valence-corrected chi connectivity index (χ2v) is 8.06. The van der Waals surface area contributed by atoms with Crippen LogP contribution in [0.3, 0.4) is 0 Å². The summed E-state index contributed by atoms with van der Waals surface area (Å²) in [5.41, 5.74) is 1.79. The van der Waals surface area contributed by atoms with Crippen LogP contribution >= 0.6 is 11.3 Å². The van der Waals surface area contributed by atoms with Crippen molar-refractivity contribution in [2.45, 2.75) is 11.3 Å². The zero-order valence-corrected chi connectivity index (χ0v) is 15.7. The maximum absolute atomic E-state index is 11.7. The Kier molecular flexibility index (Phi) is 5.49. The number of nitro benzene ring substituents is 1. The highest BCUT2D eigenvalue weighted by Crippen LogP contribution is 2.26. The van der Waals surface area contributed by atoms with Crippen molar-refractivity contribution in [3.63, 3.8) is 0 Å². The number of anilines is 1. The van der Waals surface area contributed by atoms with Gasteiger partial charge in [0, 0.05) is 36.0 Å². The first kappa shape index (κ1) is 19.0. The van der Waals surface area contributed by atoms with E-state index in [0.29, 0.717) is 13.0 Å². The van der Waals surface area contributed by atoms with Gasteiger partial charge in [0.2, 0.25) is 10.0 Å². The van der Waals surface area contributed by atoms with Gasteiger partial charge in [0.05, 0.1) is 16.3 Å². The molecule has 1 heterocycles. The Hall–Kier alpha value is -2.82. The number of nitrogens with zero attached hydrogens (tertiary/aromatic N) is 2. The monoisotopic (exact) mass is 404 g/mol. The van der Waals surface area contributed by atoms with E-state index in [1.54, 1.807) is 0 Å². The number of nitro groups is 1. The zero-order valence-electron chi connectivity index (χ0n) is 14.0. The molecule has 10 heteroatoms. The summed E-state index contributed by atoms with van der Waals surface area (Å²) >= 11 is 1.53. The SMILES string of the molecule is NS(=O)(=O)c1cc([N+](=O)[O-])ccc1NCCc1csc(-c2ccccc2)n1. The fourth-order valence-electron chi connectivity index (χ4n) is 2.47. The van der Waals surface area contributed by atoms with E-state index in [1.165, 1.54) is 23.5 Å². The van der Waals surface area contributed by atoms with Crippen LogP contribution in [0, 0.1) is 10.1 Å². The van der Waals surface area contributed by atoms with Crippen LogP contribution in [0.5, 0.6) is 0 Å². The van der Waals surface area contributed by atoms with Gasteiger partial charge in [-0.05, 0) is 6.07 Å². The van der Waals surface area contributed by atoms with Crippen molar-refractivity contribution in [2.75, 3.05) is 11.9 Å². The zero-order chi connectivity index (χ0) is 19.4. The molecule has 2 aromatic carbocycles. The summed E-state index contributed by atoms with van der Waals surface area (Å²) in [5.74, 6) is 0. The van der Waals surface area contributed by atoms with E-state index < -0.39 is 14.9 Å². The summed E-state index contributed by atoms with van der Waals surface area (Å²) in [6, 6.07) is 13.3. The van der Waals surface area contributed by atoms with Gasteiger partial charge in [-0.1, -0.05) is 30.3 Å². The van der Waals surface area contributed by atoms with Crippen LogP contribution in [-0.2, 0) is 16.4 Å². The number of aromatic nitrogens is 1. The van der Waals surface area contributed by atoms with E-state index in [2.05, 4.69) is 10.3 Å². The lowest BCUT2D eigenvalue weighted by molar-refractivity contribution is -0.385. The van der Waals surface area contributed by atoms with Crippen molar-refractivity contribution in [1.29, 1.82) is 0 Å². The highest BCUT2D eigenvalue weighted by molar-refractivity contribution is 7.89. The van der Waals surface area contributed by atoms with Gasteiger partial charge in [0.15, 0.2) is 0 Å². The van der Waals surface area contributed by atoms with Gasteiger partial charge in [0.1, 0.15) is 9.90 Å². The molecule has 0 amide bonds. The Bertz CT molecular complexity index is 1070. The quantitative estimate of drug-likeness (QED) is 0.460. The molecular formula is C17H16N4O4S2. The summed E-state index contributed by atoms with van der Waals surface area (Å²) in [5, 5.41) is 21.8. The largest absolute Gasteiger partial charge is 0.384 e. The Labute approximate surface area is 159 Å². The number of nitrogens with two attached hydrogens (primary N) is 1. The van der Waals surface area contributed by atoms with Crippen LogP contribution in [0.2, 0.25) is 0 Å². The third-order valence-corrected chi connectivity index (χ3v) is 5.64. The number of hydrogen-bond acceptors (Lipinski definition) is 7. The third-order valence-electron chi connectivity index (χ3n) is 3.75. The van der Waals surface area contributed by atoms with E-state index in [9.17, 15) is 18.5 Å². The van der Waals surface area contributed by atoms with E-state index in [4.69, 9.17) is 5.14 Å². The van der Waals surface area contributed by atoms with Crippen molar-refractivity contribution < 1.29 is 13.3 Å². The van der Waals surface area contributed by atoms with Gasteiger partial charge in [0.25, 0.3) is 5.69 Å². The van der Waals surface area contributed by atoms with Crippen molar-refractivity contribution in [3.8, 4) is 10.6 Å². The second-order valence-electron chi connectivity index (χ2n) is 5.67. The number of rotatable bonds is 7. The smallest absolute Gasteiger partial charge is 0.270 e. The molecule has 0 saturated carbocycles. The molecule has 0 aliphatic rings. The molecular weight excluding hydrogens is 388 g/mol. The highest BCUT2D eigenvalue weighted by atomic mass is 32.2. The standard InChI is InChI=1S/C17H16N4O4S2/c18-27(24,25)16-10-14(21(22)23)6-7-15(16)19-9-8-13-11-26-17(20-13)12-4-2-1-3-5-12/h1-7,10-11,19H,8-9H2,(H2,18,24,25). The summed E-state index contributed by atoms with van der Waals surface area (Å²) < 4.78 is 23.5. The molecule has 0 saturated heterocycles. The van der Waals surface area contributed by atoms with E-state index in [1.807, 2.05) is 35.7 Å². The number of sulfonamides is 1. The van der Waals surface area contributed by atoms with Crippen LogP contribution in [-0.4, -0.2) is 24.9 Å². The van der Waals surface area contributed by atoms with Crippen LogP contribution < -0.4 is 10.5 Å². The molecule has 1 aromatic heterocycles. The minimum atomic E-state index is -4.10. The highest BCUT2D eigenvalue weighted by Gasteiger charge is 2.18. The Morgan fingerprint density at radius 2 is 1.93 bits per heavy atom. The average Bonchev–Trinajstić information content (AvgIpc) is 3.10.